The molecule has 0 aromatic heterocycles. The van der Waals surface area contributed by atoms with Crippen LogP contribution in [0.25, 0.3) is 0 Å². The Balaban J connectivity index is 7.27. The molecule has 0 rings (SSSR count). The van der Waals surface area contributed by atoms with Crippen LogP contribution in [0.3, 0.4) is 0 Å². The molecule has 0 aliphatic rings. The predicted molar refractivity (Wildman–Crippen MR) is 79.4 cm³/mol. The van der Waals surface area contributed by atoms with Crippen LogP contribution in [0.15, 0.2) is 0 Å². The Hall–Kier alpha value is -1.44. The highest BCUT2D eigenvalue weighted by Crippen LogP contribution is 2.65. The second kappa shape index (κ2) is 9.14. The molecule has 0 saturated heterocycles. The molecule has 0 spiro atoms. The molecule has 0 aromatic rings. The highest BCUT2D eigenvalue weighted by Gasteiger charge is 2.96. The van der Waals surface area contributed by atoms with Gasteiger partial charge in [-0.25, -0.2) is 0 Å². The van der Waals surface area contributed by atoms with Crippen LogP contribution in [0.4, 0.5) is 79.0 Å². The van der Waals surface area contributed by atoms with Gasteiger partial charge in [-0.2, -0.15) is 79.0 Å². The van der Waals surface area contributed by atoms with Gasteiger partial charge in [0.1, 0.15) is 0 Å². The van der Waals surface area contributed by atoms with Crippen LogP contribution in [0, 0.1) is 0 Å². The van der Waals surface area contributed by atoms with E-state index in [0.717, 1.165) is 0 Å². The van der Waals surface area contributed by atoms with Crippen LogP contribution in [-0.2, 0) is 9.53 Å². The molecule has 1 atom stereocenters. The molecule has 0 N–H and O–H groups in total. The summed E-state index contributed by atoms with van der Waals surface area (Å²) in [6.45, 7) is -0.260. The first kappa shape index (κ1) is 33.6. The van der Waals surface area contributed by atoms with Gasteiger partial charge in [-0.1, -0.05) is 13.3 Å². The van der Waals surface area contributed by atoms with Gasteiger partial charge in [0.15, 0.2) is 0 Å². The molecule has 210 valence electrons. The van der Waals surface area contributed by atoms with E-state index in [9.17, 15) is 83.8 Å². The minimum Gasteiger partial charge on any atom is -0.464 e. The molecular formula is C14H10F18O2S. The van der Waals surface area contributed by atoms with Gasteiger partial charge in [0.05, 0.1) is 6.61 Å². The summed E-state index contributed by atoms with van der Waals surface area (Å²) >= 11 is 1.76. The summed E-state index contributed by atoms with van der Waals surface area (Å²) in [4.78, 5) is 11.6. The molecule has 0 heterocycles. The molecule has 0 radical (unpaired) electrons. The van der Waals surface area contributed by atoms with E-state index in [2.05, 4.69) is 4.74 Å². The summed E-state index contributed by atoms with van der Waals surface area (Å²) in [6.07, 6.45) is -16.2. The summed E-state index contributed by atoms with van der Waals surface area (Å²) in [6, 6.07) is 0. The fourth-order valence-electron chi connectivity index (χ4n) is 2.07. The van der Waals surface area contributed by atoms with Crippen molar-refractivity contribution >= 4 is 18.6 Å². The monoisotopic (exact) mass is 584 g/mol. The normalized spacial score (nSPS) is 17.3. The lowest BCUT2D eigenvalue weighted by Crippen LogP contribution is -2.78. The van der Waals surface area contributed by atoms with E-state index in [1.807, 2.05) is 0 Å². The number of hydrogen-bond acceptors (Lipinski definition) is 3. The maximum atomic E-state index is 14.3. The zero-order valence-electron chi connectivity index (χ0n) is 16.2. The van der Waals surface area contributed by atoms with Gasteiger partial charge in [-0.15, -0.1) is 12.6 Å². The van der Waals surface area contributed by atoms with Crippen molar-refractivity contribution in [2.75, 3.05) is 6.61 Å². The number of carbonyl (C=O) groups is 1. The van der Waals surface area contributed by atoms with E-state index < -0.39 is 71.6 Å². The number of hydrogen-bond donors (Lipinski definition) is 1. The lowest BCUT2D eigenvalue weighted by Gasteiger charge is -2.46. The topological polar surface area (TPSA) is 26.3 Å². The van der Waals surface area contributed by atoms with Crippen molar-refractivity contribution in [2.45, 2.75) is 72.4 Å². The number of rotatable bonds is 10. The fourth-order valence-corrected chi connectivity index (χ4v) is 2.40. The number of esters is 1. The van der Waals surface area contributed by atoms with Crippen molar-refractivity contribution in [1.29, 1.82) is 0 Å². The summed E-state index contributed by atoms with van der Waals surface area (Å²) in [5, 5.41) is 0. The minimum absolute atomic E-state index is 0.161. The number of unbranched alkanes of at least 4 members (excludes halogenated alkanes) is 1. The Morgan fingerprint density at radius 1 is 0.571 bits per heavy atom. The molecule has 0 bridgehead atoms. The number of halogens is 18. The fraction of sp³-hybridized carbons (Fsp3) is 0.929. The average molecular weight is 584 g/mol. The molecular weight excluding hydrogens is 574 g/mol. The second-order valence-corrected chi connectivity index (χ2v) is 7.31. The van der Waals surface area contributed by atoms with E-state index in [-0.39, 0.29) is 6.42 Å². The van der Waals surface area contributed by atoms with Crippen LogP contribution in [0.2, 0.25) is 0 Å². The predicted octanol–water partition coefficient (Wildman–Crippen LogP) is 6.93. The van der Waals surface area contributed by atoms with E-state index >= 15 is 0 Å². The van der Waals surface area contributed by atoms with Gasteiger partial charge >= 0.3 is 53.9 Å². The summed E-state index contributed by atoms with van der Waals surface area (Å²) in [7, 11) is 0. The van der Waals surface area contributed by atoms with Gasteiger partial charge in [-0.3, -0.25) is 4.79 Å². The molecule has 0 aliphatic carbocycles. The number of carbonyl (C=O) groups excluding carboxylic acids is 1. The van der Waals surface area contributed by atoms with Gasteiger partial charge in [0.2, 0.25) is 0 Å². The molecule has 2 nitrogen and oxygen atoms in total. The largest absolute Gasteiger partial charge is 0.464 e. The van der Waals surface area contributed by atoms with Crippen molar-refractivity contribution in [3.8, 4) is 0 Å². The van der Waals surface area contributed by atoms with Crippen molar-refractivity contribution in [1.82, 2.24) is 0 Å². The highest BCUT2D eigenvalue weighted by molar-refractivity contribution is 7.83. The van der Waals surface area contributed by atoms with Crippen LogP contribution >= 0.6 is 12.6 Å². The molecule has 0 saturated carbocycles. The lowest BCUT2D eigenvalue weighted by atomic mass is 9.82. The van der Waals surface area contributed by atoms with Crippen LogP contribution in [0.5, 0.6) is 0 Å². The van der Waals surface area contributed by atoms with Crippen molar-refractivity contribution in [3.05, 3.63) is 0 Å². The molecule has 0 aromatic carbocycles. The zero-order chi connectivity index (χ0) is 28.9. The molecule has 21 heteroatoms. The maximum absolute atomic E-state index is 14.3. The van der Waals surface area contributed by atoms with Gasteiger partial charge in [0, 0.05) is 0 Å². The van der Waals surface area contributed by atoms with Crippen LogP contribution in [0.1, 0.15) is 19.8 Å². The molecule has 0 fully saturated rings. The zero-order valence-corrected chi connectivity index (χ0v) is 17.1. The third-order valence-electron chi connectivity index (χ3n) is 4.22. The van der Waals surface area contributed by atoms with Crippen molar-refractivity contribution in [2.24, 2.45) is 0 Å². The first-order valence-corrected chi connectivity index (χ1v) is 8.73. The van der Waals surface area contributed by atoms with E-state index in [1.165, 1.54) is 6.92 Å². The first-order valence-electron chi connectivity index (χ1n) is 8.28. The SMILES string of the molecule is CCCCOC(=O)C(S)(C(F)(F)C(F)(F)F)C(F)(F)C(F)(F)C(F)(F)C(F)(F)C(F)(F)C(F)(F)F. The van der Waals surface area contributed by atoms with Gasteiger partial charge in [-0.05, 0) is 6.42 Å². The first-order chi connectivity index (χ1) is 15.0. The van der Waals surface area contributed by atoms with Gasteiger partial charge in [0.25, 0.3) is 4.75 Å². The summed E-state index contributed by atoms with van der Waals surface area (Å²) in [5.74, 6) is -54.1. The van der Waals surface area contributed by atoms with E-state index in [0.29, 0.717) is 0 Å². The number of alkyl halides is 18. The molecule has 0 aliphatic heterocycles. The number of ether oxygens (including phenoxy) is 1. The Labute approximate surface area is 187 Å². The standard InChI is InChI=1S/C14H10F18O2S/c1-2-3-4-34-5(33)6(35,8(17,18)13(27,28)29)7(15,16)9(19,20)10(21,22)11(23,24)12(25,26)14(30,31)32/h35H,2-4H2,1H3. The Bertz CT molecular complexity index is 770. The number of thiol groups is 1. The van der Waals surface area contributed by atoms with E-state index in [4.69, 9.17) is 0 Å². The maximum Gasteiger partial charge on any atom is 0.460 e. The Kier molecular flexibility index (Phi) is 8.77. The second-order valence-electron chi connectivity index (χ2n) is 6.64. The lowest BCUT2D eigenvalue weighted by molar-refractivity contribution is -0.446. The Morgan fingerprint density at radius 2 is 0.886 bits per heavy atom. The van der Waals surface area contributed by atoms with E-state index in [1.54, 1.807) is 12.6 Å². The average Bonchev–Trinajstić information content (AvgIpc) is 2.64. The highest BCUT2D eigenvalue weighted by atomic mass is 32.1. The van der Waals surface area contributed by atoms with Crippen LogP contribution < -0.4 is 0 Å². The summed E-state index contributed by atoms with van der Waals surface area (Å²) < 4.78 is 234. The molecule has 0 amide bonds. The molecule has 35 heavy (non-hydrogen) atoms. The van der Waals surface area contributed by atoms with Crippen molar-refractivity contribution in [3.63, 3.8) is 0 Å². The third kappa shape index (κ3) is 4.57. The summed E-state index contributed by atoms with van der Waals surface area (Å²) in [5.41, 5.74) is 0. The Morgan fingerprint density at radius 3 is 1.20 bits per heavy atom. The van der Waals surface area contributed by atoms with Gasteiger partial charge < -0.3 is 4.74 Å². The smallest absolute Gasteiger partial charge is 0.460 e. The molecule has 1 unspecified atom stereocenters. The quantitative estimate of drug-likeness (QED) is 0.131. The van der Waals surface area contributed by atoms with Crippen LogP contribution in [-0.4, -0.2) is 65.2 Å². The van der Waals surface area contributed by atoms with Crippen molar-refractivity contribution < 1.29 is 88.6 Å². The third-order valence-corrected chi connectivity index (χ3v) is 4.97. The minimum atomic E-state index is -8.75.